The number of fused-ring (bicyclic) bond motifs is 1. The number of thiophene rings is 1. The summed E-state index contributed by atoms with van der Waals surface area (Å²) < 4.78 is 5.28. The van der Waals surface area contributed by atoms with Crippen LogP contribution in [0, 0.1) is 5.92 Å². The smallest absolute Gasteiger partial charge is 0.341 e. The first-order chi connectivity index (χ1) is 12.7. The fourth-order valence-electron chi connectivity index (χ4n) is 3.66. The molecule has 0 radical (unpaired) electrons. The summed E-state index contributed by atoms with van der Waals surface area (Å²) in [5.41, 5.74) is 3.01. The van der Waals surface area contributed by atoms with Gasteiger partial charge in [0.15, 0.2) is 0 Å². The molecule has 1 saturated carbocycles. The Hall–Kier alpha value is -2.14. The van der Waals surface area contributed by atoms with Crippen LogP contribution in [-0.2, 0) is 22.4 Å². The molecule has 26 heavy (non-hydrogen) atoms. The number of hydrogen-bond donors (Lipinski definition) is 1. The number of rotatable bonds is 5. The zero-order valence-electron chi connectivity index (χ0n) is 14.9. The van der Waals surface area contributed by atoms with Crippen LogP contribution >= 0.6 is 11.3 Å². The van der Waals surface area contributed by atoms with E-state index in [1.165, 1.54) is 10.4 Å². The van der Waals surface area contributed by atoms with E-state index in [0.29, 0.717) is 23.1 Å². The first kappa shape index (κ1) is 17.3. The van der Waals surface area contributed by atoms with Crippen molar-refractivity contribution < 1.29 is 14.3 Å². The maximum atomic E-state index is 12.6. The summed E-state index contributed by atoms with van der Waals surface area (Å²) in [6.07, 6.45) is 4.66. The lowest BCUT2D eigenvalue weighted by Crippen LogP contribution is -2.17. The van der Waals surface area contributed by atoms with Crippen LogP contribution in [0.15, 0.2) is 30.3 Å². The molecule has 1 amide bonds. The molecule has 136 valence electrons. The number of carbonyl (C=O) groups is 2. The molecule has 1 N–H and O–H groups in total. The van der Waals surface area contributed by atoms with E-state index in [-0.39, 0.29) is 17.8 Å². The molecule has 0 unspecified atom stereocenters. The summed E-state index contributed by atoms with van der Waals surface area (Å²) in [6.45, 7) is 2.15. The molecule has 0 aliphatic heterocycles. The predicted molar refractivity (Wildman–Crippen MR) is 103 cm³/mol. The van der Waals surface area contributed by atoms with Gasteiger partial charge in [0.2, 0.25) is 5.91 Å². The predicted octanol–water partition coefficient (Wildman–Crippen LogP) is 4.55. The average Bonchev–Trinajstić information content (AvgIpc) is 3.44. The Morgan fingerprint density at radius 1 is 1.19 bits per heavy atom. The number of hydrogen-bond acceptors (Lipinski definition) is 4. The molecule has 0 bridgehead atoms. The van der Waals surface area contributed by atoms with E-state index in [2.05, 4.69) is 29.6 Å². The first-order valence-corrected chi connectivity index (χ1v) is 10.2. The zero-order valence-corrected chi connectivity index (χ0v) is 15.7. The normalized spacial score (nSPS) is 18.9. The van der Waals surface area contributed by atoms with Gasteiger partial charge in [0, 0.05) is 10.8 Å². The van der Waals surface area contributed by atoms with Crippen molar-refractivity contribution >= 4 is 28.2 Å². The molecule has 5 heteroatoms. The molecular weight excluding hydrogens is 346 g/mol. The molecule has 2 aromatic rings. The second kappa shape index (κ2) is 7.23. The summed E-state index contributed by atoms with van der Waals surface area (Å²) in [4.78, 5) is 26.0. The Labute approximate surface area is 157 Å². The zero-order chi connectivity index (χ0) is 18.1. The van der Waals surface area contributed by atoms with Gasteiger partial charge in [0.05, 0.1) is 12.2 Å². The van der Waals surface area contributed by atoms with Crippen molar-refractivity contribution in [3.05, 3.63) is 51.9 Å². The van der Waals surface area contributed by atoms with E-state index in [1.807, 2.05) is 13.0 Å². The first-order valence-electron chi connectivity index (χ1n) is 9.34. The van der Waals surface area contributed by atoms with Crippen molar-refractivity contribution in [2.75, 3.05) is 11.9 Å². The summed E-state index contributed by atoms with van der Waals surface area (Å²) in [7, 11) is 0. The molecule has 2 aliphatic carbocycles. The van der Waals surface area contributed by atoms with Crippen molar-refractivity contribution in [2.45, 2.75) is 44.9 Å². The third-order valence-corrected chi connectivity index (χ3v) is 6.37. The average molecular weight is 369 g/mol. The second-order valence-electron chi connectivity index (χ2n) is 7.04. The molecule has 4 nitrogen and oxygen atoms in total. The lowest BCUT2D eigenvalue weighted by molar-refractivity contribution is -0.117. The molecule has 2 aliphatic rings. The molecule has 1 heterocycles. The van der Waals surface area contributed by atoms with Gasteiger partial charge in [-0.05, 0) is 56.1 Å². The van der Waals surface area contributed by atoms with Gasteiger partial charge in [0.1, 0.15) is 5.00 Å². The van der Waals surface area contributed by atoms with Gasteiger partial charge >= 0.3 is 5.97 Å². The van der Waals surface area contributed by atoms with Crippen LogP contribution < -0.4 is 5.32 Å². The minimum Gasteiger partial charge on any atom is -0.462 e. The van der Waals surface area contributed by atoms with Gasteiger partial charge < -0.3 is 10.1 Å². The topological polar surface area (TPSA) is 55.4 Å². The Morgan fingerprint density at radius 3 is 2.65 bits per heavy atom. The molecule has 1 fully saturated rings. The molecular formula is C21H23NO3S. The van der Waals surface area contributed by atoms with Gasteiger partial charge in [-0.25, -0.2) is 4.79 Å². The third-order valence-electron chi connectivity index (χ3n) is 5.20. The van der Waals surface area contributed by atoms with Crippen LogP contribution in [0.1, 0.15) is 58.5 Å². The van der Waals surface area contributed by atoms with Gasteiger partial charge in [0.25, 0.3) is 0 Å². The van der Waals surface area contributed by atoms with Crippen molar-refractivity contribution in [3.63, 3.8) is 0 Å². The summed E-state index contributed by atoms with van der Waals surface area (Å²) in [5, 5.41) is 3.68. The summed E-state index contributed by atoms with van der Waals surface area (Å²) in [6, 6.07) is 10.5. The minimum absolute atomic E-state index is 0.0359. The fraction of sp³-hybridized carbons (Fsp3) is 0.429. The van der Waals surface area contributed by atoms with E-state index < -0.39 is 0 Å². The van der Waals surface area contributed by atoms with Crippen LogP contribution in [0.5, 0.6) is 0 Å². The Morgan fingerprint density at radius 2 is 1.96 bits per heavy atom. The number of amides is 1. The van der Waals surface area contributed by atoms with E-state index in [1.54, 1.807) is 11.3 Å². The Kier molecular flexibility index (Phi) is 4.81. The number of ether oxygens (including phenoxy) is 1. The molecule has 4 rings (SSSR count). The lowest BCUT2D eigenvalue weighted by Gasteiger charge is -2.23. The van der Waals surface area contributed by atoms with Crippen molar-refractivity contribution in [3.8, 4) is 0 Å². The molecule has 1 aromatic carbocycles. The maximum absolute atomic E-state index is 12.6. The molecule has 0 saturated heterocycles. The van der Waals surface area contributed by atoms with Gasteiger partial charge in [-0.3, -0.25) is 4.79 Å². The summed E-state index contributed by atoms with van der Waals surface area (Å²) in [5.74, 6) is 0.300. The van der Waals surface area contributed by atoms with Crippen molar-refractivity contribution in [1.29, 1.82) is 0 Å². The van der Waals surface area contributed by atoms with Crippen LogP contribution in [0.4, 0.5) is 5.00 Å². The maximum Gasteiger partial charge on any atom is 0.341 e. The monoisotopic (exact) mass is 369 g/mol. The lowest BCUT2D eigenvalue weighted by atomic mass is 9.83. The number of anilines is 1. The quantitative estimate of drug-likeness (QED) is 0.787. The standard InChI is InChI=1S/C21H23NO3S/c1-2-25-21(24)18-16-11-10-15(13-6-4-3-5-7-13)12-17(16)26-20(18)22-19(23)14-8-9-14/h3-7,14-15H,2,8-12H2,1H3,(H,22,23)/t15-/m1/s1. The summed E-state index contributed by atoms with van der Waals surface area (Å²) >= 11 is 1.56. The highest BCUT2D eigenvalue weighted by Crippen LogP contribution is 2.43. The van der Waals surface area contributed by atoms with Crippen molar-refractivity contribution in [1.82, 2.24) is 0 Å². The van der Waals surface area contributed by atoms with Gasteiger partial charge in [-0.15, -0.1) is 11.3 Å². The number of esters is 1. The van der Waals surface area contributed by atoms with Crippen molar-refractivity contribution in [2.24, 2.45) is 5.92 Å². The van der Waals surface area contributed by atoms with E-state index >= 15 is 0 Å². The van der Waals surface area contributed by atoms with Crippen LogP contribution in [0.3, 0.4) is 0 Å². The number of nitrogens with one attached hydrogen (secondary N) is 1. The van der Waals surface area contributed by atoms with E-state index in [0.717, 1.165) is 37.7 Å². The largest absolute Gasteiger partial charge is 0.462 e. The van der Waals surface area contributed by atoms with E-state index in [9.17, 15) is 9.59 Å². The van der Waals surface area contributed by atoms with Gasteiger partial charge in [-0.1, -0.05) is 30.3 Å². The SMILES string of the molecule is CCOC(=O)c1c(NC(=O)C2CC2)sc2c1CC[C@@H](c1ccccc1)C2. The fourth-order valence-corrected chi connectivity index (χ4v) is 4.98. The highest BCUT2D eigenvalue weighted by atomic mass is 32.1. The second-order valence-corrected chi connectivity index (χ2v) is 8.15. The Balaban J connectivity index is 1.64. The third kappa shape index (κ3) is 3.40. The van der Waals surface area contributed by atoms with Crippen LogP contribution in [-0.4, -0.2) is 18.5 Å². The highest BCUT2D eigenvalue weighted by Gasteiger charge is 2.34. The number of benzene rings is 1. The molecule has 0 spiro atoms. The van der Waals surface area contributed by atoms with Gasteiger partial charge in [-0.2, -0.15) is 0 Å². The molecule has 1 aromatic heterocycles. The molecule has 1 atom stereocenters. The van der Waals surface area contributed by atoms with E-state index in [4.69, 9.17) is 4.74 Å². The van der Waals surface area contributed by atoms with Crippen LogP contribution in [0.25, 0.3) is 0 Å². The minimum atomic E-state index is -0.311. The number of carbonyl (C=O) groups excluding carboxylic acids is 2. The Bertz CT molecular complexity index is 823. The van der Waals surface area contributed by atoms with Crippen LogP contribution in [0.2, 0.25) is 0 Å². The highest BCUT2D eigenvalue weighted by molar-refractivity contribution is 7.17.